The van der Waals surface area contributed by atoms with Crippen LogP contribution in [0.25, 0.3) is 5.76 Å². The van der Waals surface area contributed by atoms with E-state index in [2.05, 4.69) is 31.9 Å². The molecular formula is C16H22N2O. The molecule has 1 heterocycles. The summed E-state index contributed by atoms with van der Waals surface area (Å²) in [5.74, 6) is 0.586. The van der Waals surface area contributed by atoms with Gasteiger partial charge in [-0.05, 0) is 29.5 Å². The summed E-state index contributed by atoms with van der Waals surface area (Å²) in [6.45, 7) is 12.5. The maximum absolute atomic E-state index is 6.14. The Morgan fingerprint density at radius 3 is 2.63 bits per heavy atom. The first-order valence-electron chi connectivity index (χ1n) is 6.36. The van der Waals surface area contributed by atoms with E-state index in [1.165, 1.54) is 5.56 Å². The van der Waals surface area contributed by atoms with Crippen LogP contribution in [0.3, 0.4) is 0 Å². The Kier molecular flexibility index (Phi) is 3.09. The quantitative estimate of drug-likeness (QED) is 0.651. The summed E-state index contributed by atoms with van der Waals surface area (Å²) in [5.41, 5.74) is 11.2. The summed E-state index contributed by atoms with van der Waals surface area (Å²) in [6.07, 6.45) is 0.931. The zero-order valence-corrected chi connectivity index (χ0v) is 12.2. The number of nitrogen functional groups attached to an aromatic ring is 1. The molecule has 0 fully saturated rings. The van der Waals surface area contributed by atoms with Gasteiger partial charge in [0.05, 0.1) is 7.11 Å². The van der Waals surface area contributed by atoms with Crippen molar-refractivity contribution in [3.05, 3.63) is 42.1 Å². The molecule has 2 rings (SSSR count). The first-order valence-corrected chi connectivity index (χ1v) is 6.36. The normalized spacial score (nSPS) is 17.1. The van der Waals surface area contributed by atoms with Crippen molar-refractivity contribution in [2.45, 2.75) is 25.7 Å². The van der Waals surface area contributed by atoms with Gasteiger partial charge in [-0.3, -0.25) is 0 Å². The van der Waals surface area contributed by atoms with Crippen molar-refractivity contribution in [3.8, 4) is 0 Å². The van der Waals surface area contributed by atoms with Gasteiger partial charge in [0.15, 0.2) is 0 Å². The Balaban J connectivity index is 2.67. The van der Waals surface area contributed by atoms with Crippen LogP contribution in [0.4, 0.5) is 11.4 Å². The number of hydrogen-bond donors (Lipinski definition) is 1. The van der Waals surface area contributed by atoms with E-state index < -0.39 is 0 Å². The van der Waals surface area contributed by atoms with Crippen LogP contribution in [0.15, 0.2) is 31.0 Å². The molecule has 2 N–H and O–H groups in total. The lowest BCUT2D eigenvalue weighted by atomic mass is 9.76. The number of rotatable bonds is 2. The summed E-state index contributed by atoms with van der Waals surface area (Å²) in [5, 5.41) is 0. The smallest absolute Gasteiger partial charge is 0.121 e. The zero-order chi connectivity index (χ0) is 14.4. The molecule has 0 aliphatic carbocycles. The van der Waals surface area contributed by atoms with Gasteiger partial charge in [0, 0.05) is 29.7 Å². The second kappa shape index (κ2) is 4.34. The van der Waals surface area contributed by atoms with Gasteiger partial charge in [-0.15, -0.1) is 0 Å². The Bertz CT molecular complexity index is 558. The largest absolute Gasteiger partial charge is 0.497 e. The number of nitrogens with two attached hydrogens (primary N) is 1. The average Bonchev–Trinajstić information content (AvgIpc) is 2.34. The summed E-state index contributed by atoms with van der Waals surface area (Å²) in [6, 6.07) is 4.08. The molecule has 19 heavy (non-hydrogen) atoms. The molecule has 3 heteroatoms. The van der Waals surface area contributed by atoms with E-state index in [9.17, 15) is 0 Å². The standard InChI is InChI=1S/C16H22N2O/c1-10-9-16(3,4)13-8-14(17)12(11(2)19-6)7-15(13)18(10)5/h7-8H,1-2,9,17H2,3-6H3. The second-order valence-electron chi connectivity index (χ2n) is 5.77. The highest BCUT2D eigenvalue weighted by Crippen LogP contribution is 2.45. The van der Waals surface area contributed by atoms with Gasteiger partial charge in [0.1, 0.15) is 5.76 Å². The highest BCUT2D eigenvalue weighted by Gasteiger charge is 2.33. The van der Waals surface area contributed by atoms with Gasteiger partial charge in [-0.1, -0.05) is 27.0 Å². The van der Waals surface area contributed by atoms with Crippen molar-refractivity contribution in [2.75, 3.05) is 24.8 Å². The summed E-state index contributed by atoms with van der Waals surface area (Å²) >= 11 is 0. The molecule has 0 amide bonds. The van der Waals surface area contributed by atoms with Gasteiger partial charge in [0.2, 0.25) is 0 Å². The van der Waals surface area contributed by atoms with E-state index in [0.29, 0.717) is 11.4 Å². The first kappa shape index (κ1) is 13.5. The van der Waals surface area contributed by atoms with E-state index in [1.807, 2.05) is 19.2 Å². The molecule has 0 saturated carbocycles. The molecule has 1 aromatic carbocycles. The monoisotopic (exact) mass is 258 g/mol. The maximum Gasteiger partial charge on any atom is 0.121 e. The van der Waals surface area contributed by atoms with Crippen molar-refractivity contribution < 1.29 is 4.74 Å². The van der Waals surface area contributed by atoms with Gasteiger partial charge in [-0.25, -0.2) is 0 Å². The molecule has 0 bridgehead atoms. The third kappa shape index (κ3) is 2.09. The van der Waals surface area contributed by atoms with Crippen molar-refractivity contribution in [1.82, 2.24) is 0 Å². The van der Waals surface area contributed by atoms with Crippen LogP contribution in [-0.2, 0) is 10.2 Å². The maximum atomic E-state index is 6.14. The van der Waals surface area contributed by atoms with Crippen LogP contribution in [0.5, 0.6) is 0 Å². The summed E-state index contributed by atoms with van der Waals surface area (Å²) in [4.78, 5) is 2.12. The zero-order valence-electron chi connectivity index (χ0n) is 12.2. The molecule has 1 aliphatic heterocycles. The Labute approximate surface area is 115 Å². The molecule has 0 atom stereocenters. The van der Waals surface area contributed by atoms with Gasteiger partial charge in [-0.2, -0.15) is 0 Å². The van der Waals surface area contributed by atoms with Crippen molar-refractivity contribution in [1.29, 1.82) is 0 Å². The molecule has 0 unspecified atom stereocenters. The number of allylic oxidation sites excluding steroid dienone is 1. The minimum absolute atomic E-state index is 0.0416. The van der Waals surface area contributed by atoms with E-state index >= 15 is 0 Å². The predicted molar refractivity (Wildman–Crippen MR) is 82.1 cm³/mol. The molecule has 102 valence electrons. The fraction of sp³-hybridized carbons (Fsp3) is 0.375. The molecule has 0 radical (unpaired) electrons. The SMILES string of the molecule is C=C(OC)c1cc2c(cc1N)C(C)(C)CC(=C)N2C. The number of methoxy groups -OCH3 is 1. The summed E-state index contributed by atoms with van der Waals surface area (Å²) in [7, 11) is 3.64. The average molecular weight is 258 g/mol. The molecule has 1 aliphatic rings. The third-order valence-electron chi connectivity index (χ3n) is 3.93. The van der Waals surface area contributed by atoms with E-state index in [-0.39, 0.29) is 5.41 Å². The van der Waals surface area contributed by atoms with E-state index in [4.69, 9.17) is 10.5 Å². The van der Waals surface area contributed by atoms with Crippen LogP contribution in [0.1, 0.15) is 31.4 Å². The topological polar surface area (TPSA) is 38.5 Å². The lowest BCUT2D eigenvalue weighted by Crippen LogP contribution is -2.33. The second-order valence-corrected chi connectivity index (χ2v) is 5.77. The molecule has 1 aromatic rings. The molecular weight excluding hydrogens is 236 g/mol. The fourth-order valence-electron chi connectivity index (χ4n) is 2.67. The van der Waals surface area contributed by atoms with E-state index in [1.54, 1.807) is 7.11 Å². The number of fused-ring (bicyclic) bond motifs is 1. The Morgan fingerprint density at radius 2 is 2.05 bits per heavy atom. The van der Waals surface area contributed by atoms with Crippen LogP contribution in [0, 0.1) is 0 Å². The highest BCUT2D eigenvalue weighted by atomic mass is 16.5. The molecule has 0 aromatic heterocycles. The van der Waals surface area contributed by atoms with Crippen molar-refractivity contribution in [3.63, 3.8) is 0 Å². The molecule has 0 saturated heterocycles. The Morgan fingerprint density at radius 1 is 1.42 bits per heavy atom. The number of benzene rings is 1. The molecule has 3 nitrogen and oxygen atoms in total. The minimum atomic E-state index is 0.0416. The molecule has 0 spiro atoms. The predicted octanol–water partition coefficient (Wildman–Crippen LogP) is 3.52. The third-order valence-corrected chi connectivity index (χ3v) is 3.93. The number of anilines is 2. The van der Waals surface area contributed by atoms with Crippen LogP contribution >= 0.6 is 0 Å². The summed E-state index contributed by atoms with van der Waals surface area (Å²) < 4.78 is 5.21. The van der Waals surface area contributed by atoms with Crippen LogP contribution < -0.4 is 10.6 Å². The van der Waals surface area contributed by atoms with Gasteiger partial charge >= 0.3 is 0 Å². The lowest BCUT2D eigenvalue weighted by Gasteiger charge is -2.40. The van der Waals surface area contributed by atoms with Crippen molar-refractivity contribution in [2.24, 2.45) is 0 Å². The fourth-order valence-corrected chi connectivity index (χ4v) is 2.67. The minimum Gasteiger partial charge on any atom is -0.497 e. The van der Waals surface area contributed by atoms with Gasteiger partial charge in [0.25, 0.3) is 0 Å². The van der Waals surface area contributed by atoms with Crippen LogP contribution in [-0.4, -0.2) is 14.2 Å². The Hall–Kier alpha value is -1.90. The van der Waals surface area contributed by atoms with Crippen LogP contribution in [0.2, 0.25) is 0 Å². The van der Waals surface area contributed by atoms with E-state index in [0.717, 1.165) is 23.4 Å². The van der Waals surface area contributed by atoms with Crippen molar-refractivity contribution >= 4 is 17.1 Å². The number of nitrogens with zero attached hydrogens (tertiary/aromatic N) is 1. The number of hydrogen-bond acceptors (Lipinski definition) is 3. The number of ether oxygens (including phenoxy) is 1. The van der Waals surface area contributed by atoms with Gasteiger partial charge < -0.3 is 15.4 Å². The lowest BCUT2D eigenvalue weighted by molar-refractivity contribution is 0.371. The highest BCUT2D eigenvalue weighted by molar-refractivity contribution is 5.78. The first-order chi connectivity index (χ1) is 8.77.